The average Bonchev–Trinajstić information content (AvgIpc) is 2.88. The van der Waals surface area contributed by atoms with Gasteiger partial charge in [-0.15, -0.1) is 5.10 Å². The Morgan fingerprint density at radius 1 is 1.00 bits per heavy atom. The number of rotatable bonds is 3. The highest BCUT2D eigenvalue weighted by Gasteiger charge is 2.02. The largest absolute Gasteiger partial charge is 0.399 e. The maximum Gasteiger partial charge on any atom is 0.246 e. The van der Waals surface area contributed by atoms with Crippen molar-refractivity contribution in [2.45, 2.75) is 0 Å². The van der Waals surface area contributed by atoms with E-state index in [2.05, 4.69) is 15.4 Å². The van der Waals surface area contributed by atoms with Crippen LogP contribution in [-0.2, 0) is 0 Å². The third-order valence-electron chi connectivity index (χ3n) is 2.66. The highest BCUT2D eigenvalue weighted by atomic mass is 15.4. The van der Waals surface area contributed by atoms with Crippen LogP contribution in [0.5, 0.6) is 0 Å². The Morgan fingerprint density at radius 2 is 1.84 bits per heavy atom. The summed E-state index contributed by atoms with van der Waals surface area (Å²) in [6.45, 7) is 0. The van der Waals surface area contributed by atoms with E-state index in [1.54, 1.807) is 11.0 Å². The molecule has 0 unspecified atom stereocenters. The van der Waals surface area contributed by atoms with Crippen molar-refractivity contribution in [3.8, 4) is 5.69 Å². The fraction of sp³-hybridized carbons (Fsp3) is 0. The topological polar surface area (TPSA) is 68.8 Å². The van der Waals surface area contributed by atoms with Crippen molar-refractivity contribution in [1.82, 2.24) is 14.8 Å². The van der Waals surface area contributed by atoms with Gasteiger partial charge in [0.25, 0.3) is 0 Å². The van der Waals surface area contributed by atoms with Gasteiger partial charge in [-0.05, 0) is 30.3 Å². The Kier molecular flexibility index (Phi) is 2.86. The highest BCUT2D eigenvalue weighted by Crippen LogP contribution is 2.16. The zero-order valence-electron chi connectivity index (χ0n) is 10.2. The molecule has 5 nitrogen and oxygen atoms in total. The maximum atomic E-state index is 5.72. The molecule has 0 atom stereocenters. The van der Waals surface area contributed by atoms with Crippen LogP contribution in [0, 0.1) is 0 Å². The van der Waals surface area contributed by atoms with Crippen molar-refractivity contribution in [2.24, 2.45) is 0 Å². The van der Waals surface area contributed by atoms with E-state index in [0.29, 0.717) is 11.6 Å². The van der Waals surface area contributed by atoms with Crippen LogP contribution in [0.3, 0.4) is 0 Å². The van der Waals surface area contributed by atoms with Crippen LogP contribution in [0.1, 0.15) is 0 Å². The first-order chi connectivity index (χ1) is 9.31. The average molecular weight is 251 g/mol. The van der Waals surface area contributed by atoms with Crippen LogP contribution in [-0.4, -0.2) is 14.8 Å². The van der Waals surface area contributed by atoms with Gasteiger partial charge < -0.3 is 11.1 Å². The Morgan fingerprint density at radius 3 is 2.63 bits per heavy atom. The van der Waals surface area contributed by atoms with E-state index in [-0.39, 0.29) is 0 Å². The normalized spacial score (nSPS) is 10.3. The summed E-state index contributed by atoms with van der Waals surface area (Å²) >= 11 is 0. The molecule has 0 spiro atoms. The number of hydrogen-bond donors (Lipinski definition) is 2. The van der Waals surface area contributed by atoms with Crippen LogP contribution < -0.4 is 11.1 Å². The van der Waals surface area contributed by atoms with E-state index in [1.807, 2.05) is 54.6 Å². The van der Waals surface area contributed by atoms with Gasteiger partial charge >= 0.3 is 0 Å². The van der Waals surface area contributed by atoms with Gasteiger partial charge in [-0.25, -0.2) is 4.68 Å². The third kappa shape index (κ3) is 2.55. The molecule has 1 aromatic heterocycles. The van der Waals surface area contributed by atoms with E-state index in [9.17, 15) is 0 Å². The molecule has 0 saturated carbocycles. The molecule has 0 amide bonds. The smallest absolute Gasteiger partial charge is 0.246 e. The molecule has 5 heteroatoms. The van der Waals surface area contributed by atoms with Crippen LogP contribution in [0.15, 0.2) is 60.9 Å². The lowest BCUT2D eigenvalue weighted by atomic mass is 10.3. The summed E-state index contributed by atoms with van der Waals surface area (Å²) in [7, 11) is 0. The number of benzene rings is 2. The fourth-order valence-electron chi connectivity index (χ4n) is 1.77. The molecular formula is C14H13N5. The lowest BCUT2D eigenvalue weighted by Crippen LogP contribution is -1.97. The van der Waals surface area contributed by atoms with E-state index < -0.39 is 0 Å². The molecule has 0 bridgehead atoms. The van der Waals surface area contributed by atoms with E-state index in [0.717, 1.165) is 11.4 Å². The van der Waals surface area contributed by atoms with Crippen molar-refractivity contribution in [2.75, 3.05) is 11.1 Å². The van der Waals surface area contributed by atoms with Gasteiger partial charge in [0.15, 0.2) is 0 Å². The quantitative estimate of drug-likeness (QED) is 0.702. The number of anilines is 3. The van der Waals surface area contributed by atoms with E-state index in [1.165, 1.54) is 0 Å². The molecule has 1 heterocycles. The molecule has 0 radical (unpaired) electrons. The minimum Gasteiger partial charge on any atom is -0.399 e. The first-order valence-electron chi connectivity index (χ1n) is 5.91. The van der Waals surface area contributed by atoms with Crippen molar-refractivity contribution in [3.05, 3.63) is 60.9 Å². The minimum absolute atomic E-state index is 0.537. The van der Waals surface area contributed by atoms with Gasteiger partial charge in [0.2, 0.25) is 5.95 Å². The summed E-state index contributed by atoms with van der Waals surface area (Å²) in [4.78, 5) is 4.22. The summed E-state index contributed by atoms with van der Waals surface area (Å²) in [6, 6.07) is 17.3. The van der Waals surface area contributed by atoms with E-state index in [4.69, 9.17) is 5.73 Å². The summed E-state index contributed by atoms with van der Waals surface area (Å²) in [5.74, 6) is 0.537. The lowest BCUT2D eigenvalue weighted by Gasteiger charge is -2.02. The summed E-state index contributed by atoms with van der Waals surface area (Å²) in [5.41, 5.74) is 8.26. The molecule has 3 aromatic rings. The van der Waals surface area contributed by atoms with Gasteiger partial charge in [-0.1, -0.05) is 24.3 Å². The highest BCUT2D eigenvalue weighted by molar-refractivity contribution is 5.59. The van der Waals surface area contributed by atoms with Crippen molar-refractivity contribution in [1.29, 1.82) is 0 Å². The predicted molar refractivity (Wildman–Crippen MR) is 75.5 cm³/mol. The molecular weight excluding hydrogens is 238 g/mol. The predicted octanol–water partition coefficient (Wildman–Crippen LogP) is 2.59. The second-order valence-electron chi connectivity index (χ2n) is 4.10. The number of nitrogens with two attached hydrogens (primary N) is 1. The van der Waals surface area contributed by atoms with Crippen LogP contribution in [0.2, 0.25) is 0 Å². The Balaban J connectivity index is 1.82. The molecule has 0 aliphatic heterocycles. The van der Waals surface area contributed by atoms with Gasteiger partial charge in [0.05, 0.1) is 5.69 Å². The number of nitrogen functional groups attached to an aromatic ring is 1. The van der Waals surface area contributed by atoms with Gasteiger partial charge in [-0.2, -0.15) is 4.98 Å². The zero-order chi connectivity index (χ0) is 13.1. The van der Waals surface area contributed by atoms with Gasteiger partial charge in [0, 0.05) is 11.4 Å². The first-order valence-corrected chi connectivity index (χ1v) is 5.91. The number of para-hydroxylation sites is 1. The standard InChI is InChI=1S/C14H13N5/c15-11-5-4-6-12(9-11)17-14-16-10-19(18-14)13-7-2-1-3-8-13/h1-10H,15H2,(H,17,18). The Bertz CT molecular complexity index is 675. The molecule has 94 valence electrons. The van der Waals surface area contributed by atoms with Gasteiger partial charge in [-0.3, -0.25) is 0 Å². The zero-order valence-corrected chi connectivity index (χ0v) is 10.2. The minimum atomic E-state index is 0.537. The maximum absolute atomic E-state index is 5.72. The van der Waals surface area contributed by atoms with E-state index >= 15 is 0 Å². The van der Waals surface area contributed by atoms with Gasteiger partial charge in [0.1, 0.15) is 6.33 Å². The molecule has 2 aromatic carbocycles. The number of nitrogens with one attached hydrogen (secondary N) is 1. The Labute approximate surface area is 110 Å². The summed E-state index contributed by atoms with van der Waals surface area (Å²) in [5, 5.41) is 7.47. The summed E-state index contributed by atoms with van der Waals surface area (Å²) < 4.78 is 1.72. The number of aromatic nitrogens is 3. The SMILES string of the molecule is Nc1cccc(Nc2ncn(-c3ccccc3)n2)c1. The Hall–Kier alpha value is -2.82. The molecule has 3 rings (SSSR count). The second kappa shape index (κ2) is 4.81. The van der Waals surface area contributed by atoms with Crippen molar-refractivity contribution < 1.29 is 0 Å². The number of hydrogen-bond acceptors (Lipinski definition) is 4. The second-order valence-corrected chi connectivity index (χ2v) is 4.10. The molecule has 0 aliphatic carbocycles. The summed E-state index contributed by atoms with van der Waals surface area (Å²) in [6.07, 6.45) is 1.67. The number of nitrogens with zero attached hydrogens (tertiary/aromatic N) is 3. The molecule has 3 N–H and O–H groups in total. The first kappa shape index (κ1) is 11.3. The van der Waals surface area contributed by atoms with Crippen LogP contribution in [0.4, 0.5) is 17.3 Å². The lowest BCUT2D eigenvalue weighted by molar-refractivity contribution is 0.882. The molecule has 19 heavy (non-hydrogen) atoms. The molecule has 0 saturated heterocycles. The van der Waals surface area contributed by atoms with Crippen molar-refractivity contribution in [3.63, 3.8) is 0 Å². The molecule has 0 aliphatic rings. The van der Waals surface area contributed by atoms with Crippen LogP contribution in [0.25, 0.3) is 5.69 Å². The third-order valence-corrected chi connectivity index (χ3v) is 2.66. The molecule has 0 fully saturated rings. The van der Waals surface area contributed by atoms with Crippen LogP contribution >= 0.6 is 0 Å². The monoisotopic (exact) mass is 251 g/mol. The van der Waals surface area contributed by atoms with Crippen molar-refractivity contribution >= 4 is 17.3 Å². The fourth-order valence-corrected chi connectivity index (χ4v) is 1.77.